The number of nitriles is 1. The van der Waals surface area contributed by atoms with E-state index in [1.165, 1.54) is 6.21 Å². The first-order chi connectivity index (χ1) is 16.9. The highest BCUT2D eigenvalue weighted by atomic mass is 35.5. The van der Waals surface area contributed by atoms with Crippen LogP contribution in [0, 0.1) is 23.0 Å². The lowest BCUT2D eigenvalue weighted by Crippen LogP contribution is -2.16. The Balaban J connectivity index is 1.56. The number of hydrogen-bond acceptors (Lipinski definition) is 6. The monoisotopic (exact) mass is 491 g/mol. The summed E-state index contributed by atoms with van der Waals surface area (Å²) in [4.78, 5) is 19.1. The fourth-order valence-electron chi connectivity index (χ4n) is 3.16. The molecule has 4 aromatic rings. The summed E-state index contributed by atoms with van der Waals surface area (Å²) >= 11 is 6.08. The average molecular weight is 492 g/mol. The van der Waals surface area contributed by atoms with Crippen molar-refractivity contribution < 1.29 is 13.5 Å². The number of nitrogens with one attached hydrogen (secondary N) is 2. The molecule has 4 rings (SSSR count). The summed E-state index contributed by atoms with van der Waals surface area (Å²) in [6, 6.07) is 18.5. The molecule has 0 aliphatic rings. The molecule has 10 heteroatoms. The maximum atomic E-state index is 13.9. The van der Waals surface area contributed by atoms with Crippen LogP contribution in [0.5, 0.6) is 5.75 Å². The molecule has 0 radical (unpaired) electrons. The number of nitrogens with zero attached hydrogens (tertiary/aromatic N) is 3. The SMILES string of the molecule is N#Cc1c(-c2ccccc2)nc(NN=Cc2cc(Cl)ccc2OCc2cc(F)ccc2F)[nH]c1=O. The number of H-pyrrole nitrogens is 1. The van der Waals surface area contributed by atoms with Crippen molar-refractivity contribution in [3.05, 3.63) is 110 Å². The van der Waals surface area contributed by atoms with Crippen molar-refractivity contribution in [2.24, 2.45) is 5.10 Å². The van der Waals surface area contributed by atoms with E-state index in [0.29, 0.717) is 21.9 Å². The molecule has 174 valence electrons. The van der Waals surface area contributed by atoms with Gasteiger partial charge in [0.1, 0.15) is 35.6 Å². The molecule has 0 fully saturated rings. The molecule has 0 saturated carbocycles. The molecular formula is C25H16ClF2N5O2. The standard InChI is InChI=1S/C25H16ClF2N5O2/c26-18-6-9-22(35-14-17-11-19(27)7-8-21(17)28)16(10-18)13-30-33-25-31-23(15-4-2-1-3-5-15)20(12-29)24(34)32-25/h1-11,13H,14H2,(H2,31,32,33,34). The Morgan fingerprint density at radius 3 is 2.71 bits per heavy atom. The number of aromatic nitrogens is 2. The van der Waals surface area contributed by atoms with E-state index < -0.39 is 17.2 Å². The smallest absolute Gasteiger partial charge is 0.270 e. The summed E-state index contributed by atoms with van der Waals surface area (Å²) < 4.78 is 33.0. The highest BCUT2D eigenvalue weighted by Gasteiger charge is 2.13. The van der Waals surface area contributed by atoms with Crippen molar-refractivity contribution in [1.82, 2.24) is 9.97 Å². The van der Waals surface area contributed by atoms with Crippen molar-refractivity contribution in [2.75, 3.05) is 5.43 Å². The van der Waals surface area contributed by atoms with Crippen molar-refractivity contribution in [3.8, 4) is 23.1 Å². The van der Waals surface area contributed by atoms with Crippen molar-refractivity contribution in [3.63, 3.8) is 0 Å². The summed E-state index contributed by atoms with van der Waals surface area (Å²) in [7, 11) is 0. The second kappa shape index (κ2) is 10.6. The second-order valence-corrected chi connectivity index (χ2v) is 7.63. The maximum absolute atomic E-state index is 13.9. The number of ether oxygens (including phenoxy) is 1. The Morgan fingerprint density at radius 1 is 1.14 bits per heavy atom. The van der Waals surface area contributed by atoms with Crippen LogP contribution in [-0.2, 0) is 6.61 Å². The Labute approximate surface area is 203 Å². The van der Waals surface area contributed by atoms with E-state index >= 15 is 0 Å². The first-order valence-electron chi connectivity index (χ1n) is 10.2. The summed E-state index contributed by atoms with van der Waals surface area (Å²) in [5, 5.41) is 13.8. The van der Waals surface area contributed by atoms with E-state index in [4.69, 9.17) is 16.3 Å². The molecule has 2 N–H and O–H groups in total. The van der Waals surface area contributed by atoms with E-state index in [-0.39, 0.29) is 29.4 Å². The van der Waals surface area contributed by atoms with Gasteiger partial charge < -0.3 is 4.74 Å². The normalized spacial score (nSPS) is 10.8. The predicted molar refractivity (Wildman–Crippen MR) is 128 cm³/mol. The van der Waals surface area contributed by atoms with Crippen LogP contribution in [-0.4, -0.2) is 16.2 Å². The molecule has 0 unspecified atom stereocenters. The topological polar surface area (TPSA) is 103 Å². The van der Waals surface area contributed by atoms with Crippen molar-refractivity contribution >= 4 is 23.8 Å². The zero-order valence-corrected chi connectivity index (χ0v) is 18.7. The molecule has 0 saturated heterocycles. The lowest BCUT2D eigenvalue weighted by Gasteiger charge is -2.10. The van der Waals surface area contributed by atoms with E-state index in [2.05, 4.69) is 20.5 Å². The van der Waals surface area contributed by atoms with Crippen LogP contribution in [0.25, 0.3) is 11.3 Å². The van der Waals surface area contributed by atoms with Crippen LogP contribution in [0.1, 0.15) is 16.7 Å². The third kappa shape index (κ3) is 5.69. The third-order valence-corrected chi connectivity index (χ3v) is 5.05. The Kier molecular flexibility index (Phi) is 7.14. The van der Waals surface area contributed by atoms with Crippen LogP contribution in [0.4, 0.5) is 14.7 Å². The lowest BCUT2D eigenvalue weighted by atomic mass is 10.1. The van der Waals surface area contributed by atoms with Gasteiger partial charge in [-0.3, -0.25) is 9.78 Å². The molecule has 0 aliphatic heterocycles. The third-order valence-electron chi connectivity index (χ3n) is 4.82. The molecule has 1 heterocycles. The first-order valence-corrected chi connectivity index (χ1v) is 10.6. The van der Waals surface area contributed by atoms with Gasteiger partial charge in [0.2, 0.25) is 5.95 Å². The van der Waals surface area contributed by atoms with Gasteiger partial charge >= 0.3 is 0 Å². The van der Waals surface area contributed by atoms with Crippen LogP contribution in [0.3, 0.4) is 0 Å². The summed E-state index contributed by atoms with van der Waals surface area (Å²) in [6.07, 6.45) is 1.36. The van der Waals surface area contributed by atoms with Crippen LogP contribution in [0.15, 0.2) is 76.6 Å². The Hall–Kier alpha value is -4.55. The van der Waals surface area contributed by atoms with Gasteiger partial charge in [0.25, 0.3) is 5.56 Å². The number of hydrogen-bond donors (Lipinski definition) is 2. The predicted octanol–water partition coefficient (Wildman–Crippen LogP) is 5.27. The molecular weight excluding hydrogens is 476 g/mol. The zero-order valence-electron chi connectivity index (χ0n) is 17.9. The van der Waals surface area contributed by atoms with E-state index in [1.54, 1.807) is 48.5 Å². The number of hydrazone groups is 1. The van der Waals surface area contributed by atoms with Gasteiger partial charge in [-0.15, -0.1) is 0 Å². The number of anilines is 1. The molecule has 0 aliphatic carbocycles. The Bertz CT molecular complexity index is 1500. The molecule has 3 aromatic carbocycles. The highest BCUT2D eigenvalue weighted by molar-refractivity contribution is 6.30. The quantitative estimate of drug-likeness (QED) is 0.271. The summed E-state index contributed by atoms with van der Waals surface area (Å²) in [5.74, 6) is -0.849. The van der Waals surface area contributed by atoms with Gasteiger partial charge in [0, 0.05) is 21.7 Å². The fraction of sp³-hybridized carbons (Fsp3) is 0.0400. The zero-order chi connectivity index (χ0) is 24.8. The van der Waals surface area contributed by atoms with Crippen LogP contribution in [0.2, 0.25) is 5.02 Å². The van der Waals surface area contributed by atoms with Crippen molar-refractivity contribution in [1.29, 1.82) is 5.26 Å². The molecule has 35 heavy (non-hydrogen) atoms. The molecule has 7 nitrogen and oxygen atoms in total. The second-order valence-electron chi connectivity index (χ2n) is 7.19. The number of rotatable bonds is 7. The van der Waals surface area contributed by atoms with Crippen LogP contribution < -0.4 is 15.7 Å². The van der Waals surface area contributed by atoms with Crippen LogP contribution >= 0.6 is 11.6 Å². The summed E-state index contributed by atoms with van der Waals surface area (Å²) in [6.45, 7) is -0.218. The lowest BCUT2D eigenvalue weighted by molar-refractivity contribution is 0.298. The van der Waals surface area contributed by atoms with Gasteiger partial charge in [0.15, 0.2) is 0 Å². The molecule has 1 aromatic heterocycles. The first kappa shape index (κ1) is 23.6. The van der Waals surface area contributed by atoms with Gasteiger partial charge in [-0.25, -0.2) is 19.2 Å². The number of benzene rings is 3. The van der Waals surface area contributed by atoms with Crippen molar-refractivity contribution in [2.45, 2.75) is 6.61 Å². The van der Waals surface area contributed by atoms with E-state index in [1.807, 2.05) is 6.07 Å². The maximum Gasteiger partial charge on any atom is 0.270 e. The number of halogens is 3. The molecule has 0 spiro atoms. The van der Waals surface area contributed by atoms with Gasteiger partial charge in [-0.2, -0.15) is 10.4 Å². The van der Waals surface area contributed by atoms with Gasteiger partial charge in [-0.05, 0) is 36.4 Å². The minimum absolute atomic E-state index is 0.00966. The number of aromatic amines is 1. The van der Waals surface area contributed by atoms with Gasteiger partial charge in [0.05, 0.1) is 11.9 Å². The average Bonchev–Trinajstić information content (AvgIpc) is 2.85. The molecule has 0 atom stereocenters. The summed E-state index contributed by atoms with van der Waals surface area (Å²) in [5.41, 5.74) is 3.15. The van der Waals surface area contributed by atoms with E-state index in [0.717, 1.165) is 18.2 Å². The minimum atomic E-state index is -0.622. The highest BCUT2D eigenvalue weighted by Crippen LogP contribution is 2.24. The Morgan fingerprint density at radius 2 is 1.94 bits per heavy atom. The van der Waals surface area contributed by atoms with Gasteiger partial charge in [-0.1, -0.05) is 41.9 Å². The fourth-order valence-corrected chi connectivity index (χ4v) is 3.34. The largest absolute Gasteiger partial charge is 0.488 e. The minimum Gasteiger partial charge on any atom is -0.488 e. The molecule has 0 amide bonds. The molecule has 0 bridgehead atoms. The van der Waals surface area contributed by atoms with E-state index in [9.17, 15) is 18.8 Å².